The summed E-state index contributed by atoms with van der Waals surface area (Å²) in [4.78, 5) is 0. The van der Waals surface area contributed by atoms with Gasteiger partial charge in [0.05, 0.1) is 10.0 Å². The molecule has 0 aromatic heterocycles. The summed E-state index contributed by atoms with van der Waals surface area (Å²) in [5.41, 5.74) is 0. The summed E-state index contributed by atoms with van der Waals surface area (Å²) >= 11 is 23.2. The highest BCUT2D eigenvalue weighted by Crippen LogP contribution is 2.51. The second-order valence-corrected chi connectivity index (χ2v) is 3.83. The van der Waals surface area contributed by atoms with Crippen LogP contribution >= 0.6 is 46.4 Å². The number of rotatable bonds is 0. The van der Waals surface area contributed by atoms with Crippen LogP contribution in [-0.2, 0) is 0 Å². The van der Waals surface area contributed by atoms with E-state index in [-0.39, 0.29) is 27.8 Å². The minimum atomic E-state index is 0.0748. The molecule has 2 nitrogen and oxygen atoms in total. The second kappa shape index (κ2) is 3.32. The van der Waals surface area contributed by atoms with Gasteiger partial charge in [-0.05, 0) is 0 Å². The molecule has 1 aromatic rings. The van der Waals surface area contributed by atoms with Gasteiger partial charge in [0.15, 0.2) is 11.5 Å². The lowest BCUT2D eigenvalue weighted by atomic mass is 10.3. The fourth-order valence-corrected chi connectivity index (χ4v) is 1.92. The van der Waals surface area contributed by atoms with Crippen LogP contribution in [0.2, 0.25) is 20.1 Å². The van der Waals surface area contributed by atoms with Gasteiger partial charge in [-0.3, -0.25) is 0 Å². The van der Waals surface area contributed by atoms with E-state index in [1.54, 1.807) is 0 Å². The number of hydrogen-bond acceptors (Lipinski definition) is 2. The Morgan fingerprint density at radius 1 is 0.692 bits per heavy atom. The van der Waals surface area contributed by atoms with E-state index in [9.17, 15) is 0 Å². The Labute approximate surface area is 94.9 Å². The highest BCUT2D eigenvalue weighted by molar-refractivity contribution is 6.53. The molecule has 0 radical (unpaired) electrons. The second-order valence-electron chi connectivity index (χ2n) is 2.32. The van der Waals surface area contributed by atoms with Crippen molar-refractivity contribution < 1.29 is 9.31 Å². The third-order valence-corrected chi connectivity index (χ3v) is 3.36. The first-order valence-corrected chi connectivity index (χ1v) is 4.75. The van der Waals surface area contributed by atoms with Gasteiger partial charge in [-0.25, -0.2) is 0 Å². The molecule has 68 valence electrons. The number of hydrogen-bond donors (Lipinski definition) is 0. The largest absolute Gasteiger partial charge is 0.576 e. The molecule has 0 saturated carbocycles. The van der Waals surface area contributed by atoms with Crippen LogP contribution in [0, 0.1) is 0 Å². The van der Waals surface area contributed by atoms with E-state index in [0.717, 1.165) is 0 Å². The van der Waals surface area contributed by atoms with Crippen LogP contribution in [0.15, 0.2) is 0 Å². The molecule has 1 heterocycles. The van der Waals surface area contributed by atoms with Gasteiger partial charge in [0.1, 0.15) is 10.0 Å². The molecule has 1 aromatic carbocycles. The zero-order valence-electron chi connectivity index (χ0n) is 6.04. The van der Waals surface area contributed by atoms with Crippen LogP contribution in [-0.4, -0.2) is 7.69 Å². The average molecular weight is 258 g/mol. The van der Waals surface area contributed by atoms with E-state index in [4.69, 9.17) is 55.7 Å². The van der Waals surface area contributed by atoms with Gasteiger partial charge in [-0.1, -0.05) is 46.4 Å². The Hall–Kier alpha value is 0.0449. The molecule has 7 heteroatoms. The Morgan fingerprint density at radius 3 is 1.46 bits per heavy atom. The normalized spacial score (nSPS) is 12.9. The topological polar surface area (TPSA) is 18.5 Å². The Bertz CT molecular complexity index is 347. The molecule has 13 heavy (non-hydrogen) atoms. The molecule has 0 bridgehead atoms. The SMILES string of the molecule is Clc1c(Cl)c(Cl)c2c(c1Cl)OBO2. The predicted molar refractivity (Wildman–Crippen MR) is 54.9 cm³/mol. The summed E-state index contributed by atoms with van der Waals surface area (Å²) in [5.74, 6) is 0.696. The number of fused-ring (bicyclic) bond motifs is 1. The third-order valence-electron chi connectivity index (χ3n) is 1.59. The fourth-order valence-electron chi connectivity index (χ4n) is 0.997. The van der Waals surface area contributed by atoms with Crippen molar-refractivity contribution in [2.75, 3.05) is 0 Å². The smallest absolute Gasteiger partial charge is 0.525 e. The third kappa shape index (κ3) is 1.35. The van der Waals surface area contributed by atoms with Gasteiger partial charge >= 0.3 is 7.69 Å². The summed E-state index contributed by atoms with van der Waals surface area (Å²) < 4.78 is 10.1. The van der Waals surface area contributed by atoms with Gasteiger partial charge < -0.3 is 9.31 Å². The lowest BCUT2D eigenvalue weighted by Crippen LogP contribution is -2.00. The van der Waals surface area contributed by atoms with Crippen LogP contribution in [0.25, 0.3) is 0 Å². The van der Waals surface area contributed by atoms with Crippen LogP contribution in [0.3, 0.4) is 0 Å². The maximum atomic E-state index is 5.84. The van der Waals surface area contributed by atoms with E-state index < -0.39 is 0 Å². The zero-order chi connectivity index (χ0) is 9.59. The van der Waals surface area contributed by atoms with Crippen LogP contribution in [0.1, 0.15) is 0 Å². The van der Waals surface area contributed by atoms with Crippen molar-refractivity contribution in [1.82, 2.24) is 0 Å². The zero-order valence-corrected chi connectivity index (χ0v) is 9.06. The summed E-state index contributed by atoms with van der Waals surface area (Å²) in [6.45, 7) is 0. The summed E-state index contributed by atoms with van der Waals surface area (Å²) in [5, 5.41) is 0.808. The highest BCUT2D eigenvalue weighted by atomic mass is 35.5. The van der Waals surface area contributed by atoms with E-state index in [1.165, 1.54) is 0 Å². The van der Waals surface area contributed by atoms with E-state index in [2.05, 4.69) is 0 Å². The summed E-state index contributed by atoms with van der Waals surface area (Å²) in [6, 6.07) is 0. The molecule has 0 amide bonds. The van der Waals surface area contributed by atoms with Crippen molar-refractivity contribution in [3.8, 4) is 11.5 Å². The van der Waals surface area contributed by atoms with Gasteiger partial charge in [-0.2, -0.15) is 0 Å². The lowest BCUT2D eigenvalue weighted by molar-refractivity contribution is 0.541. The van der Waals surface area contributed by atoms with Crippen molar-refractivity contribution in [3.05, 3.63) is 20.1 Å². The molecule has 0 unspecified atom stereocenters. The Balaban J connectivity index is 2.77. The van der Waals surface area contributed by atoms with Gasteiger partial charge in [-0.15, -0.1) is 0 Å². The molecule has 0 atom stereocenters. The van der Waals surface area contributed by atoms with Crippen molar-refractivity contribution >= 4 is 54.1 Å². The van der Waals surface area contributed by atoms with E-state index >= 15 is 0 Å². The molecule has 1 aliphatic rings. The number of benzene rings is 1. The minimum Gasteiger partial charge on any atom is -0.525 e. The maximum Gasteiger partial charge on any atom is 0.576 e. The quantitative estimate of drug-likeness (QED) is 0.403. The molecule has 2 rings (SSSR count). The molecular formula is C6HBCl4O2. The molecule has 1 aliphatic heterocycles. The molecule has 0 N–H and O–H groups in total. The van der Waals surface area contributed by atoms with Gasteiger partial charge in [0.25, 0.3) is 0 Å². The molecular weight excluding hydrogens is 257 g/mol. The summed E-state index contributed by atoms with van der Waals surface area (Å²) in [6.07, 6.45) is 0. The molecule has 0 saturated heterocycles. The average Bonchev–Trinajstić information content (AvgIpc) is 2.59. The van der Waals surface area contributed by atoms with Crippen LogP contribution in [0.4, 0.5) is 0 Å². The first-order valence-electron chi connectivity index (χ1n) is 3.24. The maximum absolute atomic E-state index is 5.84. The van der Waals surface area contributed by atoms with Crippen LogP contribution < -0.4 is 9.31 Å². The lowest BCUT2D eigenvalue weighted by Gasteiger charge is -2.07. The van der Waals surface area contributed by atoms with Gasteiger partial charge in [0, 0.05) is 0 Å². The predicted octanol–water partition coefficient (Wildman–Crippen LogP) is 3.34. The van der Waals surface area contributed by atoms with Crippen LogP contribution in [0.5, 0.6) is 11.5 Å². The molecule has 0 fully saturated rings. The molecule has 0 spiro atoms. The standard InChI is InChI=1S/C6HBCl4O2/c8-1-2(9)4(11)6-5(3(1)10)12-7-13-6/h7H. The Kier molecular flexibility index (Phi) is 2.45. The van der Waals surface area contributed by atoms with Crippen molar-refractivity contribution in [2.24, 2.45) is 0 Å². The van der Waals surface area contributed by atoms with E-state index in [0.29, 0.717) is 11.5 Å². The first kappa shape index (κ1) is 9.59. The van der Waals surface area contributed by atoms with Crippen molar-refractivity contribution in [3.63, 3.8) is 0 Å². The fraction of sp³-hybridized carbons (Fsp3) is 0. The summed E-state index contributed by atoms with van der Waals surface area (Å²) in [7, 11) is 0.0748. The first-order chi connectivity index (χ1) is 6.13. The monoisotopic (exact) mass is 256 g/mol. The minimum absolute atomic E-state index is 0.0748. The van der Waals surface area contributed by atoms with Gasteiger partial charge in [0.2, 0.25) is 0 Å². The van der Waals surface area contributed by atoms with Crippen molar-refractivity contribution in [2.45, 2.75) is 0 Å². The Morgan fingerprint density at radius 2 is 1.08 bits per heavy atom. The van der Waals surface area contributed by atoms with Crippen molar-refractivity contribution in [1.29, 1.82) is 0 Å². The molecule has 0 aliphatic carbocycles. The number of halogens is 4. The highest BCUT2D eigenvalue weighted by Gasteiger charge is 2.27. The van der Waals surface area contributed by atoms with E-state index in [1.807, 2.05) is 0 Å².